The smallest absolute Gasteiger partial charge is 0.862 e. The van der Waals surface area contributed by atoms with Gasteiger partial charge >= 0.3 is 29.6 Å². The molecule has 204 valence electrons. The van der Waals surface area contributed by atoms with E-state index in [2.05, 4.69) is 36.0 Å². The number of hydrogen-bond donors (Lipinski definition) is 3. The van der Waals surface area contributed by atoms with Gasteiger partial charge in [0.05, 0.1) is 24.5 Å². The minimum Gasteiger partial charge on any atom is -0.862 e. The monoisotopic (exact) mass is 547 g/mol. The summed E-state index contributed by atoms with van der Waals surface area (Å²) < 4.78 is 30.5. The molecule has 4 aliphatic carbocycles. The van der Waals surface area contributed by atoms with Crippen molar-refractivity contribution < 1.29 is 57.8 Å². The van der Waals surface area contributed by atoms with Gasteiger partial charge in [-0.2, -0.15) is 18.6 Å². The van der Waals surface area contributed by atoms with Gasteiger partial charge in [-0.05, 0) is 97.7 Å². The molecule has 0 aromatic rings. The number of aliphatic imine (C=N–C) groups is 1. The minimum atomic E-state index is -4.12. The van der Waals surface area contributed by atoms with Crippen LogP contribution in [-0.2, 0) is 10.1 Å². The summed E-state index contributed by atoms with van der Waals surface area (Å²) in [5, 5.41) is 43.7. The fourth-order valence-corrected chi connectivity index (χ4v) is 9.68. The molecule has 0 bridgehead atoms. The summed E-state index contributed by atoms with van der Waals surface area (Å²) in [6, 6.07) is 0. The molecule has 0 radical (unpaired) electrons. The number of rotatable bonds is 7. The van der Waals surface area contributed by atoms with Crippen molar-refractivity contribution in [3.63, 3.8) is 0 Å². The molecule has 37 heavy (non-hydrogen) atoms. The maximum absolute atomic E-state index is 12.2. The summed E-state index contributed by atoms with van der Waals surface area (Å²) >= 11 is 0. The third kappa shape index (κ3) is 5.22. The van der Waals surface area contributed by atoms with E-state index in [0.29, 0.717) is 30.1 Å². The summed E-state index contributed by atoms with van der Waals surface area (Å²) in [5.74, 6) is 1.01. The molecule has 0 amide bonds. The Hall–Kier alpha value is -0.100. The molecule has 4 fully saturated rings. The third-order valence-electron chi connectivity index (χ3n) is 11.4. The molecule has 0 saturated heterocycles. The maximum atomic E-state index is 12.2. The van der Waals surface area contributed by atoms with Crippen molar-refractivity contribution in [3.8, 4) is 0 Å². The zero-order valence-electron chi connectivity index (χ0n) is 22.7. The van der Waals surface area contributed by atoms with E-state index in [0.717, 1.165) is 44.9 Å². The van der Waals surface area contributed by atoms with Crippen molar-refractivity contribution >= 4 is 16.0 Å². The summed E-state index contributed by atoms with van der Waals surface area (Å²) in [7, 11) is -4.12. The van der Waals surface area contributed by atoms with Crippen LogP contribution in [0.25, 0.3) is 0 Å². The predicted molar refractivity (Wildman–Crippen MR) is 133 cm³/mol. The third-order valence-corrected chi connectivity index (χ3v) is 12.1. The van der Waals surface area contributed by atoms with Gasteiger partial charge in [0.1, 0.15) is 0 Å². The number of nitrogens with zero attached hydrogens (tertiary/aromatic N) is 3. The van der Waals surface area contributed by atoms with Gasteiger partial charge in [-0.25, -0.2) is 0 Å². The number of aliphatic hydroxyl groups excluding tert-OH is 2. The normalized spacial score (nSPS) is 44.9. The van der Waals surface area contributed by atoms with Crippen LogP contribution < -0.4 is 34.7 Å². The van der Waals surface area contributed by atoms with E-state index in [9.17, 15) is 23.7 Å². The van der Waals surface area contributed by atoms with E-state index in [-0.39, 0.29) is 82.9 Å². The van der Waals surface area contributed by atoms with Crippen LogP contribution in [0.1, 0.15) is 78.6 Å². The molecule has 10 unspecified atom stereocenters. The Bertz CT molecular complexity index is 1030. The Morgan fingerprint density at radius 3 is 2.49 bits per heavy atom. The van der Waals surface area contributed by atoms with Crippen molar-refractivity contribution in [1.82, 2.24) is 0 Å². The van der Waals surface area contributed by atoms with Gasteiger partial charge < -0.3 is 20.3 Å². The standard InChI is InChI=1S/C26H43N3O6S.Na/c1-15(4-7-22(32)27-10-11-36(33,34)35)18-5-6-19-23-20(13-21(31)25(18,19)3)24(2)9-8-17(30)12-16(24)14-26(23)28-29-26;/h15-21,23,30-31H,4-14H2,1-3H3,(H,27,32)(H,33,34,35);/q;+1/p-1. The quantitative estimate of drug-likeness (QED) is 0.174. The summed E-state index contributed by atoms with van der Waals surface area (Å²) in [6.07, 6.45) is 6.56. The first-order valence-corrected chi connectivity index (χ1v) is 15.4. The second-order valence-corrected chi connectivity index (χ2v) is 14.6. The van der Waals surface area contributed by atoms with Crippen LogP contribution in [0, 0.1) is 46.3 Å². The molecule has 5 rings (SSSR count). The van der Waals surface area contributed by atoms with E-state index in [4.69, 9.17) is 4.55 Å². The molecule has 5 aliphatic rings. The van der Waals surface area contributed by atoms with Crippen LogP contribution in [-0.4, -0.2) is 59.2 Å². The first-order valence-electron chi connectivity index (χ1n) is 13.8. The van der Waals surface area contributed by atoms with Gasteiger partial charge in [0, 0.05) is 12.3 Å². The zero-order valence-corrected chi connectivity index (χ0v) is 25.5. The molecule has 10 atom stereocenters. The Labute approximate surface area is 243 Å². The topological polar surface area (TPSA) is 155 Å². The van der Waals surface area contributed by atoms with Crippen LogP contribution in [0.5, 0.6) is 0 Å². The first-order chi connectivity index (χ1) is 16.8. The van der Waals surface area contributed by atoms with E-state index in [1.54, 1.807) is 0 Å². The van der Waals surface area contributed by atoms with Crippen molar-refractivity contribution in [2.24, 2.45) is 61.6 Å². The molecule has 1 aliphatic heterocycles. The average Bonchev–Trinajstić information content (AvgIpc) is 3.46. The fourth-order valence-electron chi connectivity index (χ4n) is 9.36. The van der Waals surface area contributed by atoms with Crippen molar-refractivity contribution in [3.05, 3.63) is 0 Å². The Morgan fingerprint density at radius 2 is 1.84 bits per heavy atom. The van der Waals surface area contributed by atoms with Gasteiger partial charge in [-0.15, -0.1) is 0 Å². The average molecular weight is 548 g/mol. The maximum Gasteiger partial charge on any atom is 1.00 e. The molecule has 4 saturated carbocycles. The van der Waals surface area contributed by atoms with Crippen LogP contribution >= 0.6 is 0 Å². The van der Waals surface area contributed by atoms with E-state index >= 15 is 0 Å². The van der Waals surface area contributed by atoms with Crippen LogP contribution in [0.15, 0.2) is 15.2 Å². The van der Waals surface area contributed by atoms with E-state index in [1.165, 1.54) is 0 Å². The number of fused-ring (bicyclic) bond motifs is 6. The molecule has 0 aromatic heterocycles. The Balaban J connectivity index is 0.00000320. The van der Waals surface area contributed by atoms with Gasteiger partial charge in [-0.1, -0.05) is 20.8 Å². The van der Waals surface area contributed by atoms with Gasteiger partial charge in [0.25, 0.3) is 10.1 Å². The van der Waals surface area contributed by atoms with E-state index < -0.39 is 22.0 Å². The molecule has 11 heteroatoms. The fraction of sp³-hybridized carbons (Fsp3) is 0.962. The largest absolute Gasteiger partial charge is 1.00 e. The molecular weight excluding hydrogens is 505 g/mol. The SMILES string of the molecule is CC(CCC([O-])=NCCS(=O)(=O)O)C1CCC2C3C(CC(O)C12C)C1(C)CCC(O)CC1CC31N=N1.[Na+]. The Kier molecular flexibility index (Phi) is 8.38. The first kappa shape index (κ1) is 29.9. The van der Waals surface area contributed by atoms with Crippen LogP contribution in [0.4, 0.5) is 0 Å². The molecular formula is C26H42N3NaO6S. The number of aliphatic hydroxyl groups is 2. The summed E-state index contributed by atoms with van der Waals surface area (Å²) in [5.41, 5.74) is -0.494. The molecule has 1 spiro atoms. The summed E-state index contributed by atoms with van der Waals surface area (Å²) in [4.78, 5) is 3.78. The van der Waals surface area contributed by atoms with E-state index in [1.807, 2.05) is 0 Å². The van der Waals surface area contributed by atoms with Crippen molar-refractivity contribution in [2.75, 3.05) is 12.3 Å². The van der Waals surface area contributed by atoms with Crippen molar-refractivity contribution in [1.29, 1.82) is 0 Å². The zero-order chi connectivity index (χ0) is 26.1. The molecule has 0 aromatic carbocycles. The van der Waals surface area contributed by atoms with Gasteiger partial charge in [-0.3, -0.25) is 4.55 Å². The summed E-state index contributed by atoms with van der Waals surface area (Å²) in [6.45, 7) is 6.58. The second kappa shape index (κ2) is 10.4. The van der Waals surface area contributed by atoms with Crippen LogP contribution in [0.2, 0.25) is 0 Å². The molecule has 3 N–H and O–H groups in total. The number of hydrogen-bond acceptors (Lipinski definition) is 8. The van der Waals surface area contributed by atoms with Gasteiger partial charge in [0.15, 0.2) is 5.66 Å². The van der Waals surface area contributed by atoms with Crippen LogP contribution in [0.3, 0.4) is 0 Å². The van der Waals surface area contributed by atoms with Gasteiger partial charge in [0.2, 0.25) is 0 Å². The second-order valence-electron chi connectivity index (χ2n) is 13.0. The molecule has 1 heterocycles. The minimum absolute atomic E-state index is 0. The predicted octanol–water partition coefficient (Wildman–Crippen LogP) is -0.184. The van der Waals surface area contributed by atoms with Crippen molar-refractivity contribution in [2.45, 2.75) is 96.4 Å². The molecule has 9 nitrogen and oxygen atoms in total. The Morgan fingerprint density at radius 1 is 1.14 bits per heavy atom.